The Bertz CT molecular complexity index is 368. The Balaban J connectivity index is 2.17. The minimum absolute atomic E-state index is 0.0880. The zero-order valence-corrected chi connectivity index (χ0v) is 10.3. The van der Waals surface area contributed by atoms with Crippen molar-refractivity contribution in [3.63, 3.8) is 0 Å². The van der Waals surface area contributed by atoms with E-state index in [1.54, 1.807) is 0 Å². The lowest BCUT2D eigenvalue weighted by molar-refractivity contribution is 0.168. The Morgan fingerprint density at radius 3 is 2.81 bits per heavy atom. The van der Waals surface area contributed by atoms with E-state index in [2.05, 4.69) is 21.8 Å². The molecule has 4 heteroatoms. The molecule has 0 radical (unpaired) electrons. The molecule has 16 heavy (non-hydrogen) atoms. The van der Waals surface area contributed by atoms with Crippen molar-refractivity contribution in [3.05, 3.63) is 17.7 Å². The van der Waals surface area contributed by atoms with Gasteiger partial charge in [0.05, 0.1) is 18.6 Å². The number of hydrogen-bond donors (Lipinski definition) is 2. The highest BCUT2D eigenvalue weighted by atomic mass is 16.3. The van der Waals surface area contributed by atoms with Crippen LogP contribution in [0.1, 0.15) is 36.7 Å². The molecule has 4 nitrogen and oxygen atoms in total. The fourth-order valence-corrected chi connectivity index (χ4v) is 2.67. The maximum atomic E-state index is 9.47. The van der Waals surface area contributed by atoms with E-state index < -0.39 is 0 Å². The molecular formula is C12H21N3O. The molecular weight excluding hydrogens is 202 g/mol. The number of likely N-dealkylation sites (N-methyl/N-ethyl adjacent to an activating group) is 1. The van der Waals surface area contributed by atoms with Gasteiger partial charge < -0.3 is 15.0 Å². The van der Waals surface area contributed by atoms with Gasteiger partial charge in [0.25, 0.3) is 0 Å². The molecule has 1 saturated carbocycles. The van der Waals surface area contributed by atoms with Crippen LogP contribution in [0.5, 0.6) is 0 Å². The number of rotatable bonds is 3. The van der Waals surface area contributed by atoms with Crippen LogP contribution in [0.15, 0.2) is 6.33 Å². The van der Waals surface area contributed by atoms with Gasteiger partial charge in [0.1, 0.15) is 0 Å². The number of aromatic nitrogens is 2. The van der Waals surface area contributed by atoms with Crippen molar-refractivity contribution in [2.24, 2.45) is 0 Å². The molecule has 2 atom stereocenters. The number of aliphatic hydroxyl groups is 1. The summed E-state index contributed by atoms with van der Waals surface area (Å²) in [4.78, 5) is 4.34. The van der Waals surface area contributed by atoms with Gasteiger partial charge in [-0.05, 0) is 40.2 Å². The molecule has 1 heterocycles. The molecule has 2 N–H and O–H groups in total. The van der Waals surface area contributed by atoms with Crippen LogP contribution in [-0.4, -0.2) is 33.9 Å². The van der Waals surface area contributed by atoms with Crippen LogP contribution >= 0.6 is 0 Å². The first-order valence-electron chi connectivity index (χ1n) is 5.92. The van der Waals surface area contributed by atoms with Crippen molar-refractivity contribution in [2.45, 2.75) is 44.7 Å². The van der Waals surface area contributed by atoms with E-state index in [4.69, 9.17) is 0 Å². The number of aryl methyl sites for hydroxylation is 1. The number of nitrogens with zero attached hydrogens (tertiary/aromatic N) is 2. The maximum absolute atomic E-state index is 9.47. The molecule has 0 amide bonds. The summed E-state index contributed by atoms with van der Waals surface area (Å²) in [6, 6.07) is 0.473. The molecule has 2 rings (SSSR count). The molecule has 2 unspecified atom stereocenters. The van der Waals surface area contributed by atoms with Gasteiger partial charge in [-0.1, -0.05) is 0 Å². The Labute approximate surface area is 96.7 Å². The normalized spacial score (nSPS) is 29.9. The highest BCUT2D eigenvalue weighted by Crippen LogP contribution is 2.38. The molecule has 0 spiro atoms. The van der Waals surface area contributed by atoms with Crippen LogP contribution in [0.2, 0.25) is 0 Å². The molecule has 0 bridgehead atoms. The summed E-state index contributed by atoms with van der Waals surface area (Å²) in [5.74, 6) is 0. The first kappa shape index (κ1) is 11.6. The summed E-state index contributed by atoms with van der Waals surface area (Å²) in [6.45, 7) is 4.37. The lowest BCUT2D eigenvalue weighted by Gasteiger charge is -2.26. The van der Waals surface area contributed by atoms with Gasteiger partial charge in [0, 0.05) is 17.3 Å². The summed E-state index contributed by atoms with van der Waals surface area (Å²) in [5, 5.41) is 12.7. The van der Waals surface area contributed by atoms with E-state index in [-0.39, 0.29) is 12.1 Å². The minimum atomic E-state index is -0.0880. The third-order valence-electron chi connectivity index (χ3n) is 4.10. The van der Waals surface area contributed by atoms with E-state index in [0.717, 1.165) is 25.0 Å². The molecule has 1 aromatic rings. The molecule has 0 aromatic carbocycles. The third-order valence-corrected chi connectivity index (χ3v) is 4.10. The van der Waals surface area contributed by atoms with Gasteiger partial charge in [0.15, 0.2) is 0 Å². The molecule has 1 fully saturated rings. The van der Waals surface area contributed by atoms with Crippen molar-refractivity contribution in [1.82, 2.24) is 14.9 Å². The molecule has 0 saturated heterocycles. The zero-order chi connectivity index (χ0) is 11.8. The SMILES string of the molecule is CNC1(CO)CCC(n2cnc(C)c2C)C1. The topological polar surface area (TPSA) is 50.1 Å². The van der Waals surface area contributed by atoms with Gasteiger partial charge in [0.2, 0.25) is 0 Å². The first-order valence-corrected chi connectivity index (χ1v) is 5.92. The second kappa shape index (κ2) is 4.18. The van der Waals surface area contributed by atoms with E-state index in [1.807, 2.05) is 20.3 Å². The van der Waals surface area contributed by atoms with E-state index >= 15 is 0 Å². The van der Waals surface area contributed by atoms with Crippen molar-refractivity contribution in [2.75, 3.05) is 13.7 Å². The van der Waals surface area contributed by atoms with Crippen molar-refractivity contribution in [1.29, 1.82) is 0 Å². The molecule has 0 aliphatic heterocycles. The summed E-state index contributed by atoms with van der Waals surface area (Å²) in [5.41, 5.74) is 2.26. The number of aliphatic hydroxyl groups excluding tert-OH is 1. The zero-order valence-electron chi connectivity index (χ0n) is 10.3. The van der Waals surface area contributed by atoms with Crippen LogP contribution in [0.4, 0.5) is 0 Å². The minimum Gasteiger partial charge on any atom is -0.394 e. The van der Waals surface area contributed by atoms with Crippen LogP contribution in [-0.2, 0) is 0 Å². The van der Waals surface area contributed by atoms with Crippen LogP contribution in [0, 0.1) is 13.8 Å². The van der Waals surface area contributed by atoms with Gasteiger partial charge in [-0.15, -0.1) is 0 Å². The van der Waals surface area contributed by atoms with E-state index in [0.29, 0.717) is 6.04 Å². The van der Waals surface area contributed by atoms with Crippen LogP contribution in [0.3, 0.4) is 0 Å². The van der Waals surface area contributed by atoms with Crippen molar-refractivity contribution in [3.8, 4) is 0 Å². The first-order chi connectivity index (χ1) is 7.62. The van der Waals surface area contributed by atoms with Crippen LogP contribution < -0.4 is 5.32 Å². The van der Waals surface area contributed by atoms with Gasteiger partial charge in [-0.2, -0.15) is 0 Å². The fraction of sp³-hybridized carbons (Fsp3) is 0.750. The Morgan fingerprint density at radius 2 is 2.38 bits per heavy atom. The largest absolute Gasteiger partial charge is 0.394 e. The van der Waals surface area contributed by atoms with Crippen LogP contribution in [0.25, 0.3) is 0 Å². The molecule has 1 aliphatic rings. The standard InChI is InChI=1S/C12H21N3O/c1-9-10(2)15(8-14-9)11-4-5-12(6-11,7-16)13-3/h8,11,13,16H,4-7H2,1-3H3. The maximum Gasteiger partial charge on any atom is 0.0954 e. The summed E-state index contributed by atoms with van der Waals surface area (Å²) in [6.07, 6.45) is 5.05. The summed E-state index contributed by atoms with van der Waals surface area (Å²) in [7, 11) is 1.94. The van der Waals surface area contributed by atoms with Crippen molar-refractivity contribution < 1.29 is 5.11 Å². The summed E-state index contributed by atoms with van der Waals surface area (Å²) >= 11 is 0. The monoisotopic (exact) mass is 223 g/mol. The summed E-state index contributed by atoms with van der Waals surface area (Å²) < 4.78 is 2.25. The molecule has 90 valence electrons. The van der Waals surface area contributed by atoms with Crippen molar-refractivity contribution >= 4 is 0 Å². The second-order valence-electron chi connectivity index (χ2n) is 4.91. The average Bonchev–Trinajstić information content (AvgIpc) is 2.86. The highest BCUT2D eigenvalue weighted by molar-refractivity contribution is 5.11. The Morgan fingerprint density at radius 1 is 1.62 bits per heavy atom. The number of hydrogen-bond acceptors (Lipinski definition) is 3. The Hall–Kier alpha value is -0.870. The lowest BCUT2D eigenvalue weighted by Crippen LogP contribution is -2.44. The predicted molar refractivity (Wildman–Crippen MR) is 63.5 cm³/mol. The van der Waals surface area contributed by atoms with Gasteiger partial charge in [-0.3, -0.25) is 0 Å². The second-order valence-corrected chi connectivity index (χ2v) is 4.91. The quantitative estimate of drug-likeness (QED) is 0.809. The van der Waals surface area contributed by atoms with E-state index in [1.165, 1.54) is 5.69 Å². The average molecular weight is 223 g/mol. The smallest absolute Gasteiger partial charge is 0.0954 e. The molecule has 1 aliphatic carbocycles. The van der Waals surface area contributed by atoms with E-state index in [9.17, 15) is 5.11 Å². The van der Waals surface area contributed by atoms with Gasteiger partial charge in [-0.25, -0.2) is 4.98 Å². The number of nitrogens with one attached hydrogen (secondary N) is 1. The highest BCUT2D eigenvalue weighted by Gasteiger charge is 2.38. The number of imidazole rings is 1. The fourth-order valence-electron chi connectivity index (χ4n) is 2.67. The lowest BCUT2D eigenvalue weighted by atomic mass is 9.99. The third kappa shape index (κ3) is 1.76. The molecule has 1 aromatic heterocycles. The predicted octanol–water partition coefficient (Wildman–Crippen LogP) is 1.18. The van der Waals surface area contributed by atoms with Gasteiger partial charge >= 0.3 is 0 Å². The Kier molecular flexibility index (Phi) is 3.04.